The molecule has 0 aliphatic rings. The zero-order valence-electron chi connectivity index (χ0n) is 10.9. The van der Waals surface area contributed by atoms with Crippen molar-refractivity contribution in [3.8, 4) is 5.75 Å². The largest absolute Gasteiger partial charge is 0.508 e. The van der Waals surface area contributed by atoms with Crippen LogP contribution in [0.1, 0.15) is 6.92 Å². The average molecular weight is 361 g/mol. The van der Waals surface area contributed by atoms with Crippen molar-refractivity contribution in [1.29, 1.82) is 0 Å². The van der Waals surface area contributed by atoms with E-state index in [2.05, 4.69) is 26.2 Å². The van der Waals surface area contributed by atoms with Gasteiger partial charge in [-0.25, -0.2) is 4.68 Å². The van der Waals surface area contributed by atoms with Crippen LogP contribution in [0, 0.1) is 0 Å². The standard InChI is InChI=1S/C11H13BrN4O3S/c1-3-16(8-5-4-6-9(17)7-8)20(18,19)11-10(12)13-14-15(11)2/h4-7,17H,3H2,1-2H3. The lowest BCUT2D eigenvalue weighted by atomic mass is 10.3. The molecule has 0 aliphatic carbocycles. The Morgan fingerprint density at radius 2 is 2.15 bits per heavy atom. The molecule has 0 fully saturated rings. The Morgan fingerprint density at radius 1 is 1.45 bits per heavy atom. The molecule has 20 heavy (non-hydrogen) atoms. The van der Waals surface area contributed by atoms with Gasteiger partial charge in [0.05, 0.1) is 5.69 Å². The average Bonchev–Trinajstić information content (AvgIpc) is 2.70. The minimum atomic E-state index is -3.83. The van der Waals surface area contributed by atoms with Crippen molar-refractivity contribution in [3.63, 3.8) is 0 Å². The van der Waals surface area contributed by atoms with Gasteiger partial charge in [0, 0.05) is 19.7 Å². The molecule has 0 saturated carbocycles. The van der Waals surface area contributed by atoms with Crippen LogP contribution in [-0.2, 0) is 17.1 Å². The minimum Gasteiger partial charge on any atom is -0.508 e. The van der Waals surface area contributed by atoms with E-state index >= 15 is 0 Å². The normalized spacial score (nSPS) is 11.6. The molecule has 0 atom stereocenters. The maximum absolute atomic E-state index is 12.7. The van der Waals surface area contributed by atoms with Gasteiger partial charge >= 0.3 is 0 Å². The first-order valence-electron chi connectivity index (χ1n) is 5.75. The number of phenolic OH excluding ortho intramolecular Hbond substituents is 1. The first-order valence-corrected chi connectivity index (χ1v) is 7.98. The van der Waals surface area contributed by atoms with E-state index in [-0.39, 0.29) is 21.9 Å². The van der Waals surface area contributed by atoms with Crippen molar-refractivity contribution >= 4 is 31.6 Å². The van der Waals surface area contributed by atoms with Gasteiger partial charge in [0.1, 0.15) is 5.75 Å². The molecule has 9 heteroatoms. The number of aryl methyl sites for hydroxylation is 1. The number of aromatic nitrogens is 3. The van der Waals surface area contributed by atoms with Crippen molar-refractivity contribution < 1.29 is 13.5 Å². The van der Waals surface area contributed by atoms with Gasteiger partial charge in [-0.15, -0.1) is 5.10 Å². The zero-order chi connectivity index (χ0) is 14.9. The highest BCUT2D eigenvalue weighted by Crippen LogP contribution is 2.28. The lowest BCUT2D eigenvalue weighted by Gasteiger charge is -2.22. The van der Waals surface area contributed by atoms with Gasteiger partial charge in [0.2, 0.25) is 5.03 Å². The Hall–Kier alpha value is -1.61. The number of hydrogen-bond donors (Lipinski definition) is 1. The molecule has 2 aromatic rings. The highest BCUT2D eigenvalue weighted by atomic mass is 79.9. The van der Waals surface area contributed by atoms with Crippen molar-refractivity contribution in [1.82, 2.24) is 15.0 Å². The van der Waals surface area contributed by atoms with Crippen LogP contribution in [0.2, 0.25) is 0 Å². The minimum absolute atomic E-state index is 0.00153. The van der Waals surface area contributed by atoms with E-state index in [4.69, 9.17) is 0 Å². The first-order chi connectivity index (χ1) is 9.37. The molecule has 1 heterocycles. The second-order valence-corrected chi connectivity index (χ2v) is 6.53. The fraction of sp³-hybridized carbons (Fsp3) is 0.273. The number of hydrogen-bond acceptors (Lipinski definition) is 5. The second kappa shape index (κ2) is 5.41. The third-order valence-electron chi connectivity index (χ3n) is 2.68. The number of anilines is 1. The molecule has 0 unspecified atom stereocenters. The Kier molecular flexibility index (Phi) is 4.00. The van der Waals surface area contributed by atoms with Crippen molar-refractivity contribution in [2.24, 2.45) is 7.05 Å². The van der Waals surface area contributed by atoms with Gasteiger partial charge in [0.15, 0.2) is 4.60 Å². The summed E-state index contributed by atoms with van der Waals surface area (Å²) in [6.07, 6.45) is 0. The third-order valence-corrected chi connectivity index (χ3v) is 5.47. The summed E-state index contributed by atoms with van der Waals surface area (Å²) in [5, 5.41) is 16.8. The molecular weight excluding hydrogens is 348 g/mol. The van der Waals surface area contributed by atoms with Gasteiger partial charge in [0.25, 0.3) is 10.0 Å². The SMILES string of the molecule is CCN(c1cccc(O)c1)S(=O)(=O)c1c(Br)nnn1C. The van der Waals surface area contributed by atoms with Crippen LogP contribution in [0.5, 0.6) is 5.75 Å². The summed E-state index contributed by atoms with van der Waals surface area (Å²) in [7, 11) is -2.32. The summed E-state index contributed by atoms with van der Waals surface area (Å²) in [6.45, 7) is 1.92. The predicted octanol–water partition coefficient (Wildman–Crippen LogP) is 1.50. The number of nitrogens with zero attached hydrogens (tertiary/aromatic N) is 4. The van der Waals surface area contributed by atoms with E-state index in [1.54, 1.807) is 19.1 Å². The summed E-state index contributed by atoms with van der Waals surface area (Å²) in [5.41, 5.74) is 0.376. The zero-order valence-corrected chi connectivity index (χ0v) is 13.3. The van der Waals surface area contributed by atoms with Gasteiger partial charge < -0.3 is 5.11 Å². The quantitative estimate of drug-likeness (QED) is 0.892. The van der Waals surface area contributed by atoms with Crippen LogP contribution in [0.3, 0.4) is 0 Å². The molecule has 108 valence electrons. The van der Waals surface area contributed by atoms with E-state index in [0.717, 1.165) is 0 Å². The van der Waals surface area contributed by atoms with E-state index in [0.29, 0.717) is 5.69 Å². The Balaban J connectivity index is 2.57. The molecule has 0 bridgehead atoms. The maximum atomic E-state index is 12.7. The summed E-state index contributed by atoms with van der Waals surface area (Å²) in [5.74, 6) is -0.00153. The fourth-order valence-electron chi connectivity index (χ4n) is 1.84. The Bertz CT molecular complexity index is 710. The molecule has 0 radical (unpaired) electrons. The molecule has 0 amide bonds. The molecular formula is C11H13BrN4O3S. The molecule has 7 nitrogen and oxygen atoms in total. The molecule has 1 aromatic carbocycles. The van der Waals surface area contributed by atoms with Crippen LogP contribution in [0.25, 0.3) is 0 Å². The Morgan fingerprint density at radius 3 is 2.65 bits per heavy atom. The van der Waals surface area contributed by atoms with Gasteiger partial charge in [-0.1, -0.05) is 11.3 Å². The van der Waals surface area contributed by atoms with Crippen molar-refractivity contribution in [2.45, 2.75) is 11.9 Å². The summed E-state index contributed by atoms with van der Waals surface area (Å²) in [4.78, 5) is 0. The highest BCUT2D eigenvalue weighted by molar-refractivity contribution is 9.10. The number of halogens is 1. The lowest BCUT2D eigenvalue weighted by molar-refractivity contribution is 0.475. The van der Waals surface area contributed by atoms with Crippen LogP contribution in [-0.4, -0.2) is 35.1 Å². The molecule has 1 aromatic heterocycles. The molecule has 1 N–H and O–H groups in total. The smallest absolute Gasteiger partial charge is 0.284 e. The summed E-state index contributed by atoms with van der Waals surface area (Å²) >= 11 is 3.09. The van der Waals surface area contributed by atoms with Gasteiger partial charge in [-0.2, -0.15) is 8.42 Å². The first kappa shape index (κ1) is 14.8. The van der Waals surface area contributed by atoms with Crippen LogP contribution < -0.4 is 4.31 Å². The lowest BCUT2D eigenvalue weighted by Crippen LogP contribution is -2.32. The second-order valence-electron chi connectivity index (χ2n) is 4.00. The van der Waals surface area contributed by atoms with Crippen LogP contribution >= 0.6 is 15.9 Å². The predicted molar refractivity (Wildman–Crippen MR) is 77.0 cm³/mol. The van der Waals surface area contributed by atoms with E-state index in [9.17, 15) is 13.5 Å². The monoisotopic (exact) mass is 360 g/mol. The van der Waals surface area contributed by atoms with Gasteiger partial charge in [-0.3, -0.25) is 4.31 Å². The number of phenols is 1. The maximum Gasteiger partial charge on any atom is 0.284 e. The molecule has 0 spiro atoms. The fourth-order valence-corrected chi connectivity index (χ4v) is 4.35. The van der Waals surface area contributed by atoms with Crippen LogP contribution in [0.15, 0.2) is 33.9 Å². The molecule has 2 rings (SSSR count). The third kappa shape index (κ3) is 2.50. The summed E-state index contributed by atoms with van der Waals surface area (Å²) < 4.78 is 27.9. The van der Waals surface area contributed by atoms with Crippen LogP contribution in [0.4, 0.5) is 5.69 Å². The van der Waals surface area contributed by atoms with Crippen molar-refractivity contribution in [3.05, 3.63) is 28.9 Å². The van der Waals surface area contributed by atoms with Gasteiger partial charge in [-0.05, 0) is 35.0 Å². The number of sulfonamides is 1. The topological polar surface area (TPSA) is 88.3 Å². The van der Waals surface area contributed by atoms with E-state index < -0.39 is 10.0 Å². The highest BCUT2D eigenvalue weighted by Gasteiger charge is 2.30. The van der Waals surface area contributed by atoms with Crippen molar-refractivity contribution in [2.75, 3.05) is 10.8 Å². The molecule has 0 aliphatic heterocycles. The number of benzene rings is 1. The van der Waals surface area contributed by atoms with E-state index in [1.165, 1.54) is 28.2 Å². The number of aromatic hydroxyl groups is 1. The molecule has 0 saturated heterocycles. The Labute approximate surface area is 125 Å². The number of rotatable bonds is 4. The van der Waals surface area contributed by atoms with E-state index in [1.807, 2.05) is 0 Å². The summed E-state index contributed by atoms with van der Waals surface area (Å²) in [6, 6.07) is 6.06.